The van der Waals surface area contributed by atoms with E-state index in [9.17, 15) is 4.39 Å². The van der Waals surface area contributed by atoms with Crippen LogP contribution in [0.25, 0.3) is 0 Å². The van der Waals surface area contributed by atoms with E-state index in [0.717, 1.165) is 31.4 Å². The normalized spacial score (nSPS) is 22.2. The van der Waals surface area contributed by atoms with Crippen molar-refractivity contribution in [3.05, 3.63) is 35.6 Å². The van der Waals surface area contributed by atoms with Gasteiger partial charge in [-0.15, -0.1) is 0 Å². The average molecular weight is 267 g/mol. The Bertz CT molecular complexity index is 380. The van der Waals surface area contributed by atoms with Crippen LogP contribution in [0, 0.1) is 5.82 Å². The molecular weight excluding hydrogens is 245 g/mol. The molecule has 1 fully saturated rings. The molecule has 1 saturated carbocycles. The van der Waals surface area contributed by atoms with Crippen LogP contribution >= 0.6 is 0 Å². The molecule has 0 atom stereocenters. The first-order valence-electron chi connectivity index (χ1n) is 6.97. The van der Waals surface area contributed by atoms with E-state index >= 15 is 0 Å². The van der Waals surface area contributed by atoms with Crippen molar-refractivity contribution < 1.29 is 14.2 Å². The molecule has 0 bridgehead atoms. The van der Waals surface area contributed by atoms with E-state index in [2.05, 4.69) is 5.32 Å². The lowest BCUT2D eigenvalue weighted by Crippen LogP contribution is -2.40. The summed E-state index contributed by atoms with van der Waals surface area (Å²) in [5.74, 6) is 0.355. The SMILES string of the molecule is OCCOCCCNC1CC(c2cccc(F)c2)C1. The molecule has 0 unspecified atom stereocenters. The summed E-state index contributed by atoms with van der Waals surface area (Å²) in [7, 11) is 0. The van der Waals surface area contributed by atoms with Gasteiger partial charge in [0.05, 0.1) is 13.2 Å². The number of ether oxygens (including phenoxy) is 1. The van der Waals surface area contributed by atoms with E-state index in [1.165, 1.54) is 6.07 Å². The molecule has 1 aliphatic rings. The van der Waals surface area contributed by atoms with Crippen LogP contribution in [0.1, 0.15) is 30.7 Å². The maximum Gasteiger partial charge on any atom is 0.123 e. The van der Waals surface area contributed by atoms with Crippen LogP contribution in [0.5, 0.6) is 0 Å². The Labute approximate surface area is 113 Å². The van der Waals surface area contributed by atoms with Gasteiger partial charge < -0.3 is 15.2 Å². The van der Waals surface area contributed by atoms with E-state index < -0.39 is 0 Å². The minimum atomic E-state index is -0.144. The van der Waals surface area contributed by atoms with Gasteiger partial charge in [-0.05, 0) is 49.4 Å². The second kappa shape index (κ2) is 7.58. The number of halogens is 1. The van der Waals surface area contributed by atoms with Crippen molar-refractivity contribution in [2.24, 2.45) is 0 Å². The summed E-state index contributed by atoms with van der Waals surface area (Å²) in [6, 6.07) is 7.47. The van der Waals surface area contributed by atoms with Crippen LogP contribution in [0.3, 0.4) is 0 Å². The second-order valence-electron chi connectivity index (χ2n) is 5.06. The van der Waals surface area contributed by atoms with Crippen molar-refractivity contribution in [1.29, 1.82) is 0 Å². The van der Waals surface area contributed by atoms with Gasteiger partial charge in [0.15, 0.2) is 0 Å². The molecule has 106 valence electrons. The number of nitrogens with one attached hydrogen (secondary N) is 1. The van der Waals surface area contributed by atoms with E-state index in [0.29, 0.717) is 25.2 Å². The molecule has 0 saturated heterocycles. The number of aliphatic hydroxyl groups is 1. The Balaban J connectivity index is 1.56. The molecule has 2 N–H and O–H groups in total. The largest absolute Gasteiger partial charge is 0.394 e. The number of benzene rings is 1. The maximum absolute atomic E-state index is 13.1. The van der Waals surface area contributed by atoms with Crippen molar-refractivity contribution in [3.8, 4) is 0 Å². The zero-order chi connectivity index (χ0) is 13.5. The predicted octanol–water partition coefficient (Wildman–Crippen LogP) is 2.06. The lowest BCUT2D eigenvalue weighted by molar-refractivity contribution is 0.0897. The Kier molecular flexibility index (Phi) is 5.76. The highest BCUT2D eigenvalue weighted by Gasteiger charge is 2.29. The summed E-state index contributed by atoms with van der Waals surface area (Å²) in [6.07, 6.45) is 3.13. The van der Waals surface area contributed by atoms with Crippen molar-refractivity contribution in [1.82, 2.24) is 5.32 Å². The number of rotatable bonds is 8. The van der Waals surface area contributed by atoms with E-state index in [1.807, 2.05) is 6.07 Å². The monoisotopic (exact) mass is 267 g/mol. The van der Waals surface area contributed by atoms with Crippen LogP contribution in [-0.2, 0) is 4.74 Å². The third-order valence-electron chi connectivity index (χ3n) is 3.59. The van der Waals surface area contributed by atoms with E-state index in [1.54, 1.807) is 12.1 Å². The molecule has 0 aromatic heterocycles. The highest BCUT2D eigenvalue weighted by atomic mass is 19.1. The van der Waals surface area contributed by atoms with E-state index in [4.69, 9.17) is 9.84 Å². The molecule has 0 aliphatic heterocycles. The van der Waals surface area contributed by atoms with Crippen LogP contribution in [0.2, 0.25) is 0 Å². The van der Waals surface area contributed by atoms with Crippen LogP contribution in [-0.4, -0.2) is 37.5 Å². The van der Waals surface area contributed by atoms with Crippen molar-refractivity contribution in [2.75, 3.05) is 26.4 Å². The molecule has 0 amide bonds. The molecule has 0 spiro atoms. The van der Waals surface area contributed by atoms with Crippen LogP contribution < -0.4 is 5.32 Å². The van der Waals surface area contributed by atoms with Gasteiger partial charge in [0.1, 0.15) is 5.82 Å². The molecule has 1 aromatic rings. The molecule has 1 aliphatic carbocycles. The number of hydrogen-bond donors (Lipinski definition) is 2. The molecule has 0 radical (unpaired) electrons. The summed E-state index contributed by atoms with van der Waals surface area (Å²) in [5.41, 5.74) is 1.12. The zero-order valence-corrected chi connectivity index (χ0v) is 11.1. The molecule has 1 aromatic carbocycles. The lowest BCUT2D eigenvalue weighted by atomic mass is 9.76. The first-order chi connectivity index (χ1) is 9.29. The van der Waals surface area contributed by atoms with Gasteiger partial charge in [-0.2, -0.15) is 0 Å². The summed E-state index contributed by atoms with van der Waals surface area (Å²) in [4.78, 5) is 0. The summed E-state index contributed by atoms with van der Waals surface area (Å²) in [5, 5.41) is 12.0. The molecule has 0 heterocycles. The minimum Gasteiger partial charge on any atom is -0.394 e. The summed E-state index contributed by atoms with van der Waals surface area (Å²) < 4.78 is 18.3. The fourth-order valence-corrected chi connectivity index (χ4v) is 2.46. The smallest absolute Gasteiger partial charge is 0.123 e. The Hall–Kier alpha value is -0.970. The lowest BCUT2D eigenvalue weighted by Gasteiger charge is -2.36. The predicted molar refractivity (Wildman–Crippen MR) is 72.7 cm³/mol. The molecular formula is C15H22FNO2. The number of aliphatic hydroxyl groups excluding tert-OH is 1. The Morgan fingerprint density at radius 1 is 1.32 bits per heavy atom. The van der Waals surface area contributed by atoms with Crippen LogP contribution in [0.15, 0.2) is 24.3 Å². The highest BCUT2D eigenvalue weighted by molar-refractivity contribution is 5.23. The third-order valence-corrected chi connectivity index (χ3v) is 3.59. The van der Waals surface area contributed by atoms with Gasteiger partial charge in [-0.1, -0.05) is 12.1 Å². The standard InChI is InChI=1S/C15H22FNO2/c16-14-4-1-3-12(9-14)13-10-15(11-13)17-5-2-7-19-8-6-18/h1,3-4,9,13,15,17-18H,2,5-8,10-11H2. The Morgan fingerprint density at radius 2 is 2.16 bits per heavy atom. The minimum absolute atomic E-state index is 0.0887. The summed E-state index contributed by atoms with van der Waals surface area (Å²) in [6.45, 7) is 2.13. The van der Waals surface area contributed by atoms with E-state index in [-0.39, 0.29) is 12.4 Å². The quantitative estimate of drug-likeness (QED) is 0.708. The fraction of sp³-hybridized carbons (Fsp3) is 0.600. The van der Waals surface area contributed by atoms with Gasteiger partial charge in [0.25, 0.3) is 0 Å². The van der Waals surface area contributed by atoms with Crippen molar-refractivity contribution in [3.63, 3.8) is 0 Å². The third kappa shape index (κ3) is 4.56. The van der Waals surface area contributed by atoms with Gasteiger partial charge in [-0.3, -0.25) is 0 Å². The van der Waals surface area contributed by atoms with Crippen LogP contribution in [0.4, 0.5) is 4.39 Å². The van der Waals surface area contributed by atoms with Crippen molar-refractivity contribution in [2.45, 2.75) is 31.2 Å². The first kappa shape index (κ1) is 14.4. The fourth-order valence-electron chi connectivity index (χ4n) is 2.46. The molecule has 4 heteroatoms. The van der Waals surface area contributed by atoms with Crippen molar-refractivity contribution >= 4 is 0 Å². The topological polar surface area (TPSA) is 41.5 Å². The molecule has 3 nitrogen and oxygen atoms in total. The Morgan fingerprint density at radius 3 is 2.89 bits per heavy atom. The molecule has 19 heavy (non-hydrogen) atoms. The maximum atomic E-state index is 13.1. The van der Waals surface area contributed by atoms with Gasteiger partial charge in [-0.25, -0.2) is 4.39 Å². The van der Waals surface area contributed by atoms with Gasteiger partial charge in [0.2, 0.25) is 0 Å². The zero-order valence-electron chi connectivity index (χ0n) is 11.1. The average Bonchev–Trinajstić information content (AvgIpc) is 2.35. The van der Waals surface area contributed by atoms with Gasteiger partial charge >= 0.3 is 0 Å². The van der Waals surface area contributed by atoms with Gasteiger partial charge in [0, 0.05) is 12.6 Å². The summed E-state index contributed by atoms with van der Waals surface area (Å²) >= 11 is 0. The molecule has 2 rings (SSSR count). The number of hydrogen-bond acceptors (Lipinski definition) is 3. The highest BCUT2D eigenvalue weighted by Crippen LogP contribution is 2.36. The first-order valence-corrected chi connectivity index (χ1v) is 6.97. The second-order valence-corrected chi connectivity index (χ2v) is 5.06.